The van der Waals surface area contributed by atoms with Gasteiger partial charge in [0.1, 0.15) is 0 Å². The lowest BCUT2D eigenvalue weighted by Crippen LogP contribution is -2.54. The Morgan fingerprint density at radius 2 is 1.63 bits per heavy atom. The van der Waals surface area contributed by atoms with Gasteiger partial charge in [0.15, 0.2) is 0 Å². The largest absolute Gasteiger partial charge is 0.394 e. The minimum atomic E-state index is -0.316. The lowest BCUT2D eigenvalue weighted by molar-refractivity contribution is -0.134. The van der Waals surface area contributed by atoms with E-state index < -0.39 is 0 Å². The fourth-order valence-electron chi connectivity index (χ4n) is 4.10. The molecule has 110 valence electrons. The van der Waals surface area contributed by atoms with E-state index >= 15 is 0 Å². The zero-order valence-electron chi connectivity index (χ0n) is 12.5. The fraction of sp³-hybridized carbons (Fsp3) is 0.938. The molecule has 2 aliphatic rings. The van der Waals surface area contributed by atoms with Crippen LogP contribution >= 0.6 is 0 Å². The van der Waals surface area contributed by atoms with Gasteiger partial charge in [-0.25, -0.2) is 0 Å². The number of carbonyl (C=O) groups is 1. The van der Waals surface area contributed by atoms with Crippen molar-refractivity contribution < 1.29 is 9.90 Å². The monoisotopic (exact) mass is 267 g/mol. The highest BCUT2D eigenvalue weighted by atomic mass is 16.3. The smallest absolute Gasteiger partial charge is 0.226 e. The first-order valence-corrected chi connectivity index (χ1v) is 7.95. The molecule has 0 aromatic heterocycles. The second-order valence-electron chi connectivity index (χ2n) is 7.19. The maximum atomic E-state index is 12.8. The van der Waals surface area contributed by atoms with Crippen LogP contribution in [0.4, 0.5) is 0 Å². The molecule has 0 aliphatic heterocycles. The molecule has 19 heavy (non-hydrogen) atoms. The average molecular weight is 267 g/mol. The molecule has 0 heterocycles. The van der Waals surface area contributed by atoms with Crippen LogP contribution in [0.1, 0.15) is 71.6 Å². The van der Waals surface area contributed by atoms with Gasteiger partial charge in [-0.3, -0.25) is 4.79 Å². The Bertz CT molecular complexity index is 313. The van der Waals surface area contributed by atoms with E-state index in [9.17, 15) is 9.90 Å². The summed E-state index contributed by atoms with van der Waals surface area (Å²) in [5.74, 6) is 0.771. The number of amides is 1. The van der Waals surface area contributed by atoms with Gasteiger partial charge in [-0.15, -0.1) is 0 Å². The molecule has 2 aliphatic carbocycles. The Hall–Kier alpha value is -0.570. The quantitative estimate of drug-likeness (QED) is 0.804. The molecule has 0 atom stereocenters. The summed E-state index contributed by atoms with van der Waals surface area (Å²) < 4.78 is 0. The van der Waals surface area contributed by atoms with E-state index in [0.717, 1.165) is 44.9 Å². The third-order valence-electron chi connectivity index (χ3n) is 5.08. The Labute approximate surface area is 117 Å². The number of rotatable bonds is 5. The van der Waals surface area contributed by atoms with Crippen molar-refractivity contribution in [1.82, 2.24) is 5.32 Å². The summed E-state index contributed by atoms with van der Waals surface area (Å²) in [5.41, 5.74) is -0.470. The SMILES string of the molecule is CC(C)CC1(C(=O)NC2(CO)CCCC2)CCCC1. The predicted octanol–water partition coefficient (Wildman–Crippen LogP) is 3.01. The molecule has 1 amide bonds. The van der Waals surface area contributed by atoms with Crippen LogP contribution in [0.2, 0.25) is 0 Å². The Kier molecular flexibility index (Phi) is 4.54. The van der Waals surface area contributed by atoms with Crippen molar-refractivity contribution in [3.05, 3.63) is 0 Å². The van der Waals surface area contributed by atoms with Crippen molar-refractivity contribution in [2.45, 2.75) is 77.2 Å². The first-order valence-electron chi connectivity index (χ1n) is 7.95. The first kappa shape index (κ1) is 14.8. The number of nitrogens with one attached hydrogen (secondary N) is 1. The van der Waals surface area contributed by atoms with E-state index in [2.05, 4.69) is 19.2 Å². The highest BCUT2D eigenvalue weighted by molar-refractivity contribution is 5.83. The summed E-state index contributed by atoms with van der Waals surface area (Å²) in [6.07, 6.45) is 9.51. The van der Waals surface area contributed by atoms with Crippen molar-refractivity contribution in [1.29, 1.82) is 0 Å². The molecule has 0 aromatic rings. The van der Waals surface area contributed by atoms with E-state index in [0.29, 0.717) is 5.92 Å². The van der Waals surface area contributed by atoms with Crippen LogP contribution < -0.4 is 5.32 Å². The van der Waals surface area contributed by atoms with Crippen LogP contribution in [0, 0.1) is 11.3 Å². The number of aliphatic hydroxyl groups is 1. The molecule has 3 heteroatoms. The Morgan fingerprint density at radius 3 is 2.11 bits per heavy atom. The van der Waals surface area contributed by atoms with Crippen LogP contribution in [0.5, 0.6) is 0 Å². The zero-order chi connectivity index (χ0) is 13.9. The Morgan fingerprint density at radius 1 is 1.11 bits per heavy atom. The second-order valence-corrected chi connectivity index (χ2v) is 7.19. The Balaban J connectivity index is 2.07. The number of hydrogen-bond acceptors (Lipinski definition) is 2. The van der Waals surface area contributed by atoms with E-state index in [1.807, 2.05) is 0 Å². The summed E-state index contributed by atoms with van der Waals surface area (Å²) in [6, 6.07) is 0. The van der Waals surface area contributed by atoms with Crippen molar-refractivity contribution in [3.63, 3.8) is 0 Å². The van der Waals surface area contributed by atoms with Crippen molar-refractivity contribution in [2.24, 2.45) is 11.3 Å². The molecule has 3 nitrogen and oxygen atoms in total. The van der Waals surface area contributed by atoms with Gasteiger partial charge in [-0.2, -0.15) is 0 Å². The van der Waals surface area contributed by atoms with Crippen LogP contribution in [0.25, 0.3) is 0 Å². The van der Waals surface area contributed by atoms with Crippen LogP contribution in [0.15, 0.2) is 0 Å². The third-order valence-corrected chi connectivity index (χ3v) is 5.08. The molecule has 2 N–H and O–H groups in total. The summed E-state index contributed by atoms with van der Waals surface area (Å²) in [5, 5.41) is 12.9. The van der Waals surface area contributed by atoms with Gasteiger partial charge in [-0.1, -0.05) is 39.5 Å². The van der Waals surface area contributed by atoms with Crippen molar-refractivity contribution in [3.8, 4) is 0 Å². The molecule has 2 saturated carbocycles. The fourth-order valence-corrected chi connectivity index (χ4v) is 4.10. The molecular formula is C16H29NO2. The van der Waals surface area contributed by atoms with Gasteiger partial charge in [-0.05, 0) is 38.0 Å². The molecule has 0 aromatic carbocycles. The van der Waals surface area contributed by atoms with E-state index in [1.54, 1.807) is 0 Å². The molecule has 0 radical (unpaired) electrons. The van der Waals surface area contributed by atoms with Gasteiger partial charge >= 0.3 is 0 Å². The number of hydrogen-bond donors (Lipinski definition) is 2. The van der Waals surface area contributed by atoms with Gasteiger partial charge in [0.2, 0.25) is 5.91 Å². The standard InChI is InChI=1S/C16H29NO2/c1-13(2)11-15(7-3-4-8-15)14(19)17-16(12-18)9-5-6-10-16/h13,18H,3-12H2,1-2H3,(H,17,19). The van der Waals surface area contributed by atoms with Crippen LogP contribution in [-0.2, 0) is 4.79 Å². The summed E-state index contributed by atoms with van der Waals surface area (Å²) in [7, 11) is 0. The lowest BCUT2D eigenvalue weighted by atomic mass is 9.77. The van der Waals surface area contributed by atoms with Gasteiger partial charge in [0, 0.05) is 5.41 Å². The van der Waals surface area contributed by atoms with Gasteiger partial charge in [0.05, 0.1) is 12.1 Å². The minimum absolute atomic E-state index is 0.0937. The molecule has 2 fully saturated rings. The number of carbonyl (C=O) groups excluding carboxylic acids is 1. The van der Waals surface area contributed by atoms with Crippen molar-refractivity contribution in [2.75, 3.05) is 6.61 Å². The van der Waals surface area contributed by atoms with Crippen molar-refractivity contribution >= 4 is 5.91 Å². The lowest BCUT2D eigenvalue weighted by Gasteiger charge is -2.36. The highest BCUT2D eigenvalue weighted by Gasteiger charge is 2.45. The molecule has 0 bridgehead atoms. The topological polar surface area (TPSA) is 49.3 Å². The summed E-state index contributed by atoms with van der Waals surface area (Å²) >= 11 is 0. The first-order chi connectivity index (χ1) is 9.02. The van der Waals surface area contributed by atoms with E-state index in [1.165, 1.54) is 12.8 Å². The maximum Gasteiger partial charge on any atom is 0.226 e. The van der Waals surface area contributed by atoms with Gasteiger partial charge in [0.25, 0.3) is 0 Å². The second kappa shape index (κ2) is 5.82. The zero-order valence-corrected chi connectivity index (χ0v) is 12.5. The minimum Gasteiger partial charge on any atom is -0.394 e. The summed E-state index contributed by atoms with van der Waals surface area (Å²) in [6.45, 7) is 4.49. The van der Waals surface area contributed by atoms with E-state index in [4.69, 9.17) is 0 Å². The highest BCUT2D eigenvalue weighted by Crippen LogP contribution is 2.44. The molecular weight excluding hydrogens is 238 g/mol. The predicted molar refractivity (Wildman–Crippen MR) is 76.8 cm³/mol. The van der Waals surface area contributed by atoms with Crippen LogP contribution in [0.3, 0.4) is 0 Å². The average Bonchev–Trinajstić information content (AvgIpc) is 2.99. The molecule has 2 rings (SSSR count). The normalized spacial score (nSPS) is 24.8. The molecule has 0 spiro atoms. The van der Waals surface area contributed by atoms with Gasteiger partial charge < -0.3 is 10.4 Å². The van der Waals surface area contributed by atoms with E-state index in [-0.39, 0.29) is 23.5 Å². The maximum absolute atomic E-state index is 12.8. The van der Waals surface area contributed by atoms with Crippen LogP contribution in [-0.4, -0.2) is 23.2 Å². The summed E-state index contributed by atoms with van der Waals surface area (Å²) in [4.78, 5) is 12.8. The number of aliphatic hydroxyl groups excluding tert-OH is 1. The molecule has 0 saturated heterocycles. The third kappa shape index (κ3) is 3.13. The molecule has 0 unspecified atom stereocenters.